The summed E-state index contributed by atoms with van der Waals surface area (Å²) >= 11 is 2.92. The predicted molar refractivity (Wildman–Crippen MR) is 48.8 cm³/mol. The molecule has 0 radical (unpaired) electrons. The summed E-state index contributed by atoms with van der Waals surface area (Å²) in [6.07, 6.45) is -2.03. The molecule has 2 nitrogen and oxygen atoms in total. The van der Waals surface area contributed by atoms with Crippen molar-refractivity contribution in [2.75, 3.05) is 0 Å². The lowest BCUT2D eigenvalue weighted by atomic mass is 10.2. The second-order valence-electron chi connectivity index (χ2n) is 2.72. The van der Waals surface area contributed by atoms with Gasteiger partial charge in [-0.05, 0) is 22.0 Å². The van der Waals surface area contributed by atoms with Crippen LogP contribution in [0.5, 0.6) is 0 Å². The fourth-order valence-electron chi connectivity index (χ4n) is 1.17. The third-order valence-electron chi connectivity index (χ3n) is 1.83. The Morgan fingerprint density at radius 2 is 2.07 bits per heavy atom. The van der Waals surface area contributed by atoms with Crippen LogP contribution in [0, 0.1) is 0 Å². The first-order valence-electron chi connectivity index (χ1n) is 3.69. The summed E-state index contributed by atoms with van der Waals surface area (Å²) < 4.78 is 37.2. The molecule has 2 heterocycles. The molecule has 0 saturated heterocycles. The van der Waals surface area contributed by atoms with Crippen molar-refractivity contribution in [3.63, 3.8) is 0 Å². The maximum absolute atomic E-state index is 12.4. The summed E-state index contributed by atoms with van der Waals surface area (Å²) in [6.45, 7) is 0. The molecule has 2 rings (SSSR count). The quantitative estimate of drug-likeness (QED) is 0.777. The van der Waals surface area contributed by atoms with E-state index in [1.54, 1.807) is 12.3 Å². The monoisotopic (exact) mass is 264 g/mol. The Morgan fingerprint density at radius 1 is 1.36 bits per heavy atom. The van der Waals surface area contributed by atoms with E-state index in [0.717, 1.165) is 6.20 Å². The number of rotatable bonds is 0. The largest absolute Gasteiger partial charge is 0.419 e. The van der Waals surface area contributed by atoms with E-state index >= 15 is 0 Å². The zero-order valence-electron chi connectivity index (χ0n) is 6.69. The van der Waals surface area contributed by atoms with Gasteiger partial charge < -0.3 is 4.98 Å². The smallest absolute Gasteiger partial charge is 0.346 e. The second-order valence-corrected chi connectivity index (χ2v) is 3.52. The number of alkyl halides is 3. The van der Waals surface area contributed by atoms with Crippen LogP contribution in [0.2, 0.25) is 0 Å². The number of pyridine rings is 1. The highest BCUT2D eigenvalue weighted by Crippen LogP contribution is 2.37. The zero-order chi connectivity index (χ0) is 10.3. The van der Waals surface area contributed by atoms with Crippen molar-refractivity contribution in [2.45, 2.75) is 6.18 Å². The molecule has 0 aliphatic rings. The SMILES string of the molecule is FC(F)(F)c1cnc2[nH]ccc2c1Br. The minimum Gasteiger partial charge on any atom is -0.346 e. The topological polar surface area (TPSA) is 28.7 Å². The molecule has 0 aliphatic carbocycles. The van der Waals surface area contributed by atoms with E-state index < -0.39 is 11.7 Å². The number of halogens is 4. The van der Waals surface area contributed by atoms with Gasteiger partial charge in [-0.25, -0.2) is 4.98 Å². The number of nitrogens with one attached hydrogen (secondary N) is 1. The van der Waals surface area contributed by atoms with Gasteiger partial charge in [-0.1, -0.05) is 0 Å². The van der Waals surface area contributed by atoms with Crippen LogP contribution in [0.25, 0.3) is 11.0 Å². The molecule has 2 aromatic rings. The summed E-state index contributed by atoms with van der Waals surface area (Å²) in [6, 6.07) is 1.54. The van der Waals surface area contributed by atoms with Crippen molar-refractivity contribution in [1.29, 1.82) is 0 Å². The maximum atomic E-state index is 12.4. The number of aromatic nitrogens is 2. The molecule has 0 spiro atoms. The maximum Gasteiger partial charge on any atom is 0.419 e. The van der Waals surface area contributed by atoms with Gasteiger partial charge in [-0.2, -0.15) is 13.2 Å². The molecule has 0 aromatic carbocycles. The summed E-state index contributed by atoms with van der Waals surface area (Å²) in [4.78, 5) is 6.39. The van der Waals surface area contributed by atoms with Gasteiger partial charge in [0.2, 0.25) is 0 Å². The fraction of sp³-hybridized carbons (Fsp3) is 0.125. The molecule has 6 heteroatoms. The van der Waals surface area contributed by atoms with Crippen LogP contribution in [-0.4, -0.2) is 9.97 Å². The van der Waals surface area contributed by atoms with Crippen molar-refractivity contribution >= 4 is 27.0 Å². The first-order chi connectivity index (χ1) is 6.50. The lowest BCUT2D eigenvalue weighted by molar-refractivity contribution is -0.138. The molecule has 0 aliphatic heterocycles. The minimum atomic E-state index is -4.38. The van der Waals surface area contributed by atoms with Crippen molar-refractivity contribution in [3.05, 3.63) is 28.5 Å². The number of nitrogens with zero attached hydrogens (tertiary/aromatic N) is 1. The molecule has 74 valence electrons. The number of hydrogen-bond acceptors (Lipinski definition) is 1. The molecule has 0 fully saturated rings. The standard InChI is InChI=1S/C8H4BrF3N2/c9-6-4-1-2-13-7(4)14-3-5(6)8(10,11)12/h1-3H,(H,13,14). The lowest BCUT2D eigenvalue weighted by Gasteiger charge is -2.08. The molecule has 0 unspecified atom stereocenters. The van der Waals surface area contributed by atoms with Gasteiger partial charge in [-0.3, -0.25) is 0 Å². The Balaban J connectivity index is 2.74. The summed E-state index contributed by atoms with van der Waals surface area (Å²) in [5, 5.41) is 0.430. The lowest BCUT2D eigenvalue weighted by Crippen LogP contribution is -2.06. The van der Waals surface area contributed by atoms with E-state index in [2.05, 4.69) is 25.9 Å². The Bertz CT molecular complexity index is 475. The van der Waals surface area contributed by atoms with Crippen LogP contribution >= 0.6 is 15.9 Å². The van der Waals surface area contributed by atoms with Gasteiger partial charge >= 0.3 is 6.18 Å². The highest BCUT2D eigenvalue weighted by atomic mass is 79.9. The van der Waals surface area contributed by atoms with E-state index in [9.17, 15) is 13.2 Å². The highest BCUT2D eigenvalue weighted by Gasteiger charge is 2.34. The van der Waals surface area contributed by atoms with Crippen molar-refractivity contribution in [2.24, 2.45) is 0 Å². The van der Waals surface area contributed by atoms with Crippen LogP contribution in [0.3, 0.4) is 0 Å². The molecule has 0 saturated carbocycles. The average molecular weight is 265 g/mol. The zero-order valence-corrected chi connectivity index (χ0v) is 8.28. The predicted octanol–water partition coefficient (Wildman–Crippen LogP) is 3.34. The fourth-order valence-corrected chi connectivity index (χ4v) is 1.82. The summed E-state index contributed by atoms with van der Waals surface area (Å²) in [5.74, 6) is 0. The van der Waals surface area contributed by atoms with Crippen molar-refractivity contribution < 1.29 is 13.2 Å². The minimum absolute atomic E-state index is 0.0243. The first kappa shape index (κ1) is 9.51. The van der Waals surface area contributed by atoms with Crippen LogP contribution in [0.15, 0.2) is 22.9 Å². The molecule has 0 amide bonds. The Hall–Kier alpha value is -1.04. The Kier molecular flexibility index (Phi) is 2.02. The van der Waals surface area contributed by atoms with Crippen molar-refractivity contribution in [1.82, 2.24) is 9.97 Å². The van der Waals surface area contributed by atoms with Gasteiger partial charge in [0.25, 0.3) is 0 Å². The van der Waals surface area contributed by atoms with E-state index in [-0.39, 0.29) is 4.47 Å². The Morgan fingerprint density at radius 3 is 2.71 bits per heavy atom. The third-order valence-corrected chi connectivity index (χ3v) is 2.68. The van der Waals surface area contributed by atoms with E-state index in [4.69, 9.17) is 0 Å². The molecule has 0 bridgehead atoms. The van der Waals surface area contributed by atoms with Gasteiger partial charge in [0.05, 0.1) is 5.56 Å². The molecule has 2 aromatic heterocycles. The highest BCUT2D eigenvalue weighted by molar-refractivity contribution is 9.10. The average Bonchev–Trinajstić information content (AvgIpc) is 2.50. The van der Waals surface area contributed by atoms with E-state index in [1.165, 1.54) is 0 Å². The molecule has 14 heavy (non-hydrogen) atoms. The number of aromatic amines is 1. The Labute approximate surface area is 85.3 Å². The summed E-state index contributed by atoms with van der Waals surface area (Å²) in [7, 11) is 0. The molecular formula is C8H4BrF3N2. The van der Waals surface area contributed by atoms with Crippen LogP contribution in [-0.2, 0) is 6.18 Å². The molecular weight excluding hydrogens is 261 g/mol. The van der Waals surface area contributed by atoms with E-state index in [0.29, 0.717) is 11.0 Å². The third kappa shape index (κ3) is 1.39. The van der Waals surface area contributed by atoms with Gasteiger partial charge in [0.1, 0.15) is 5.65 Å². The molecule has 1 N–H and O–H groups in total. The van der Waals surface area contributed by atoms with Gasteiger partial charge in [0.15, 0.2) is 0 Å². The van der Waals surface area contributed by atoms with E-state index in [1.807, 2.05) is 0 Å². The van der Waals surface area contributed by atoms with Gasteiger partial charge in [-0.15, -0.1) is 0 Å². The van der Waals surface area contributed by atoms with Crippen molar-refractivity contribution in [3.8, 4) is 0 Å². The first-order valence-corrected chi connectivity index (χ1v) is 4.48. The number of hydrogen-bond donors (Lipinski definition) is 1. The van der Waals surface area contributed by atoms with Crippen LogP contribution < -0.4 is 0 Å². The second kappa shape index (κ2) is 2.98. The van der Waals surface area contributed by atoms with Gasteiger partial charge in [0, 0.05) is 22.3 Å². The number of fused-ring (bicyclic) bond motifs is 1. The number of H-pyrrole nitrogens is 1. The normalized spacial score (nSPS) is 12.3. The summed E-state index contributed by atoms with van der Waals surface area (Å²) in [5.41, 5.74) is -0.325. The molecule has 0 atom stereocenters. The van der Waals surface area contributed by atoms with Crippen LogP contribution in [0.1, 0.15) is 5.56 Å². The van der Waals surface area contributed by atoms with Crippen LogP contribution in [0.4, 0.5) is 13.2 Å².